The van der Waals surface area contributed by atoms with Crippen LogP contribution in [0, 0.1) is 0 Å². The molecule has 0 amide bonds. The van der Waals surface area contributed by atoms with E-state index in [4.69, 9.17) is 4.98 Å². The third kappa shape index (κ3) is 5.22. The predicted molar refractivity (Wildman–Crippen MR) is 162 cm³/mol. The first kappa shape index (κ1) is 25.6. The summed E-state index contributed by atoms with van der Waals surface area (Å²) in [6, 6.07) is 20.9. The zero-order chi connectivity index (χ0) is 26.2. The summed E-state index contributed by atoms with van der Waals surface area (Å²) in [5.41, 5.74) is 8.32. The van der Waals surface area contributed by atoms with Gasteiger partial charge in [-0.15, -0.1) is 0 Å². The molecule has 0 saturated carbocycles. The predicted octanol–water partition coefficient (Wildman–Crippen LogP) is 9.53. The molecule has 0 aliphatic heterocycles. The van der Waals surface area contributed by atoms with Crippen LogP contribution in [0.1, 0.15) is 44.0 Å². The Kier molecular flexibility index (Phi) is 8.27. The van der Waals surface area contributed by atoms with Crippen LogP contribution in [0.4, 0.5) is 0 Å². The lowest BCUT2D eigenvalue weighted by molar-refractivity contribution is 1.15. The van der Waals surface area contributed by atoms with Gasteiger partial charge in [-0.25, -0.2) is 4.98 Å². The van der Waals surface area contributed by atoms with E-state index in [1.807, 2.05) is 68.7 Å². The van der Waals surface area contributed by atoms with Crippen molar-refractivity contribution < 1.29 is 0 Å². The van der Waals surface area contributed by atoms with Gasteiger partial charge in [0, 0.05) is 28.7 Å². The maximum Gasteiger partial charge on any atom is 0.0730 e. The zero-order valence-electron chi connectivity index (χ0n) is 21.9. The van der Waals surface area contributed by atoms with Gasteiger partial charge in [0.25, 0.3) is 0 Å². The van der Waals surface area contributed by atoms with Crippen LogP contribution in [-0.2, 0) is 0 Å². The second kappa shape index (κ2) is 12.0. The fourth-order valence-corrected chi connectivity index (χ4v) is 4.59. The van der Waals surface area contributed by atoms with Crippen molar-refractivity contribution in [3.63, 3.8) is 0 Å². The van der Waals surface area contributed by atoms with Gasteiger partial charge in [0.05, 0.1) is 28.1 Å². The summed E-state index contributed by atoms with van der Waals surface area (Å²) in [6.45, 7) is 14.2. The van der Waals surface area contributed by atoms with Gasteiger partial charge in [-0.05, 0) is 61.7 Å². The van der Waals surface area contributed by atoms with Gasteiger partial charge >= 0.3 is 0 Å². The average molecular weight is 484 g/mol. The molecule has 3 nitrogen and oxygen atoms in total. The molecule has 3 aromatic heterocycles. The summed E-state index contributed by atoms with van der Waals surface area (Å²) in [5, 5.41) is 2.22. The van der Waals surface area contributed by atoms with Crippen LogP contribution in [0.15, 0.2) is 104 Å². The molecular weight excluding hydrogens is 450 g/mol. The molecule has 0 bridgehead atoms. The highest BCUT2D eigenvalue weighted by molar-refractivity contribution is 6.13. The minimum absolute atomic E-state index is 0.916. The van der Waals surface area contributed by atoms with Crippen LogP contribution in [0.2, 0.25) is 0 Å². The highest BCUT2D eigenvalue weighted by atomic mass is 15.0. The molecule has 0 atom stereocenters. The number of hydrogen-bond donors (Lipinski definition) is 0. The van der Waals surface area contributed by atoms with Gasteiger partial charge in [-0.1, -0.05) is 86.9 Å². The molecule has 0 aliphatic carbocycles. The normalized spacial score (nSPS) is 11.2. The number of hydrogen-bond acceptors (Lipinski definition) is 2. The zero-order valence-corrected chi connectivity index (χ0v) is 21.9. The smallest absolute Gasteiger partial charge is 0.0730 e. The van der Waals surface area contributed by atoms with Gasteiger partial charge in [-0.3, -0.25) is 4.98 Å². The van der Waals surface area contributed by atoms with E-state index >= 15 is 0 Å². The molecule has 0 spiro atoms. The Balaban J connectivity index is 0.000000586. The fraction of sp³-hybridized carbons (Fsp3) is 0.118. The summed E-state index contributed by atoms with van der Waals surface area (Å²) >= 11 is 0. The Morgan fingerprint density at radius 3 is 2.35 bits per heavy atom. The number of pyridine rings is 2. The van der Waals surface area contributed by atoms with E-state index < -0.39 is 0 Å². The number of allylic oxidation sites excluding steroid dienone is 3. The van der Waals surface area contributed by atoms with Crippen molar-refractivity contribution in [2.75, 3.05) is 0 Å². The molecule has 5 rings (SSSR count). The topological polar surface area (TPSA) is 30.7 Å². The standard InChI is InChI=1S/C29H23N3.C5H10/c1-4-10-22-17-23(18-26(31-22)21-11-8-7-9-12-21)32-27-15-16-30-19-25(27)29-24(6-3)20(5-2)13-14-28(29)32;1-3-5-4-2/h4-19H,2-3H2,1H3;3,5H,4H2,1-2H3/b10-4+;5-3-. The van der Waals surface area contributed by atoms with E-state index in [1.54, 1.807) is 0 Å². The van der Waals surface area contributed by atoms with Crippen LogP contribution in [0.3, 0.4) is 0 Å². The summed E-state index contributed by atoms with van der Waals surface area (Å²) in [7, 11) is 0. The van der Waals surface area contributed by atoms with Gasteiger partial charge in [0.15, 0.2) is 0 Å². The molecule has 0 fully saturated rings. The first-order valence-corrected chi connectivity index (χ1v) is 12.6. The Labute approximate surface area is 219 Å². The molecule has 0 N–H and O–H groups in total. The van der Waals surface area contributed by atoms with Crippen molar-refractivity contribution in [3.05, 3.63) is 121 Å². The van der Waals surface area contributed by atoms with Crippen LogP contribution < -0.4 is 0 Å². The lowest BCUT2D eigenvalue weighted by atomic mass is 10.0. The molecule has 0 aliphatic rings. The van der Waals surface area contributed by atoms with Crippen LogP contribution >= 0.6 is 0 Å². The van der Waals surface area contributed by atoms with Gasteiger partial charge in [-0.2, -0.15) is 0 Å². The largest absolute Gasteiger partial charge is 0.309 e. The maximum absolute atomic E-state index is 4.88. The van der Waals surface area contributed by atoms with Crippen LogP contribution in [0.25, 0.3) is 57.0 Å². The third-order valence-electron chi connectivity index (χ3n) is 6.20. The molecule has 2 aromatic carbocycles. The minimum Gasteiger partial charge on any atom is -0.309 e. The summed E-state index contributed by atoms with van der Waals surface area (Å²) in [5.74, 6) is 0. The number of rotatable bonds is 6. The second-order valence-corrected chi connectivity index (χ2v) is 8.58. The third-order valence-corrected chi connectivity index (χ3v) is 6.20. The molecule has 184 valence electrons. The van der Waals surface area contributed by atoms with Crippen molar-refractivity contribution in [1.29, 1.82) is 0 Å². The number of benzene rings is 2. The number of aromatic nitrogens is 3. The van der Waals surface area contributed by atoms with Crippen molar-refractivity contribution in [2.45, 2.75) is 27.2 Å². The maximum atomic E-state index is 4.88. The van der Waals surface area contributed by atoms with E-state index in [1.165, 1.54) is 0 Å². The average Bonchev–Trinajstić information content (AvgIpc) is 3.28. The number of nitrogens with zero attached hydrogens (tertiary/aromatic N) is 3. The van der Waals surface area contributed by atoms with E-state index in [9.17, 15) is 0 Å². The minimum atomic E-state index is 0.916. The molecule has 5 aromatic rings. The molecule has 0 saturated heterocycles. The van der Waals surface area contributed by atoms with Gasteiger partial charge in [0.1, 0.15) is 0 Å². The summed E-state index contributed by atoms with van der Waals surface area (Å²) < 4.78 is 2.29. The Morgan fingerprint density at radius 1 is 0.892 bits per heavy atom. The molecular formula is C34H33N3. The van der Waals surface area contributed by atoms with Crippen LogP contribution in [0.5, 0.6) is 0 Å². The quantitative estimate of drug-likeness (QED) is 0.225. The van der Waals surface area contributed by atoms with Crippen molar-refractivity contribution in [2.24, 2.45) is 0 Å². The van der Waals surface area contributed by atoms with Crippen molar-refractivity contribution >= 4 is 40.0 Å². The van der Waals surface area contributed by atoms with E-state index in [0.29, 0.717) is 0 Å². The SMILES string of the molecule is C/C=C\CC.C=Cc1ccc2c(c1C=C)c1cnccc1n2-c1cc(/C=C/C)nc(-c2ccccc2)c1. The number of fused-ring (bicyclic) bond motifs is 3. The lowest BCUT2D eigenvalue weighted by Gasteiger charge is -2.12. The van der Waals surface area contributed by atoms with Crippen LogP contribution in [-0.4, -0.2) is 14.5 Å². The van der Waals surface area contributed by atoms with Crippen molar-refractivity contribution in [3.8, 4) is 16.9 Å². The first-order chi connectivity index (χ1) is 18.2. The van der Waals surface area contributed by atoms with E-state index in [-0.39, 0.29) is 0 Å². The second-order valence-electron chi connectivity index (χ2n) is 8.58. The van der Waals surface area contributed by atoms with Crippen molar-refractivity contribution in [1.82, 2.24) is 14.5 Å². The molecule has 0 radical (unpaired) electrons. The summed E-state index contributed by atoms with van der Waals surface area (Å²) in [6.07, 6.45) is 16.9. The van der Waals surface area contributed by atoms with Gasteiger partial charge < -0.3 is 4.57 Å². The Bertz CT molecular complexity index is 1600. The first-order valence-electron chi connectivity index (χ1n) is 12.6. The fourth-order valence-electron chi connectivity index (χ4n) is 4.59. The Morgan fingerprint density at radius 2 is 1.70 bits per heavy atom. The monoisotopic (exact) mass is 483 g/mol. The lowest BCUT2D eigenvalue weighted by Crippen LogP contribution is -1.98. The molecule has 37 heavy (non-hydrogen) atoms. The van der Waals surface area contributed by atoms with Gasteiger partial charge in [0.2, 0.25) is 0 Å². The molecule has 0 unspecified atom stereocenters. The van der Waals surface area contributed by atoms with E-state index in [0.717, 1.165) is 62.0 Å². The van der Waals surface area contributed by atoms with E-state index in [2.05, 4.69) is 84.2 Å². The molecule has 3 heterocycles. The Hall–Kier alpha value is -4.50. The summed E-state index contributed by atoms with van der Waals surface area (Å²) in [4.78, 5) is 9.30. The highest BCUT2D eigenvalue weighted by Crippen LogP contribution is 2.36. The highest BCUT2D eigenvalue weighted by Gasteiger charge is 2.17. The molecule has 3 heteroatoms.